The van der Waals surface area contributed by atoms with Crippen LogP contribution < -0.4 is 10.1 Å². The van der Waals surface area contributed by atoms with Crippen LogP contribution in [0, 0.1) is 0 Å². The Morgan fingerprint density at radius 2 is 1.78 bits per heavy atom. The summed E-state index contributed by atoms with van der Waals surface area (Å²) in [5.41, 5.74) is 0.935. The van der Waals surface area contributed by atoms with E-state index in [4.69, 9.17) is 9.47 Å². The predicted molar refractivity (Wildman–Crippen MR) is 92.0 cm³/mol. The van der Waals surface area contributed by atoms with Gasteiger partial charge in [0, 0.05) is 25.4 Å². The van der Waals surface area contributed by atoms with E-state index in [1.807, 2.05) is 36.1 Å². The average Bonchev–Trinajstić information content (AvgIpc) is 2.87. The van der Waals surface area contributed by atoms with E-state index in [1.165, 1.54) is 12.8 Å². The second-order valence-corrected chi connectivity index (χ2v) is 5.72. The molecule has 0 bridgehead atoms. The first-order chi connectivity index (χ1) is 11.3. The molecule has 1 aromatic rings. The van der Waals surface area contributed by atoms with Crippen molar-refractivity contribution in [3.05, 3.63) is 24.3 Å². The van der Waals surface area contributed by atoms with Crippen molar-refractivity contribution in [1.82, 2.24) is 4.90 Å². The minimum absolute atomic E-state index is 0.184. The molecular weight excluding hydrogens is 292 g/mol. The molecule has 1 N–H and O–H groups in total. The molecule has 23 heavy (non-hydrogen) atoms. The van der Waals surface area contributed by atoms with E-state index in [1.54, 1.807) is 0 Å². The summed E-state index contributed by atoms with van der Waals surface area (Å²) in [6.07, 6.45) is 4.73. The number of carbonyl (C=O) groups is 1. The molecule has 1 fully saturated rings. The van der Waals surface area contributed by atoms with Gasteiger partial charge < -0.3 is 19.7 Å². The first kappa shape index (κ1) is 17.6. The molecule has 5 nitrogen and oxygen atoms in total. The van der Waals surface area contributed by atoms with Crippen LogP contribution in [-0.4, -0.2) is 50.3 Å². The normalized spacial score (nSPS) is 15.1. The summed E-state index contributed by atoms with van der Waals surface area (Å²) in [7, 11) is 0. The minimum atomic E-state index is 0.184. The summed E-state index contributed by atoms with van der Waals surface area (Å²) in [6, 6.07) is 7.69. The van der Waals surface area contributed by atoms with E-state index in [0.29, 0.717) is 26.4 Å². The molecule has 1 aliphatic heterocycles. The van der Waals surface area contributed by atoms with Gasteiger partial charge in [-0.3, -0.25) is 4.79 Å². The van der Waals surface area contributed by atoms with Crippen LogP contribution in [0.2, 0.25) is 0 Å². The van der Waals surface area contributed by atoms with E-state index in [-0.39, 0.29) is 5.91 Å². The Balaban J connectivity index is 1.71. The third-order valence-corrected chi connectivity index (χ3v) is 3.96. The molecule has 0 atom stereocenters. The molecule has 0 aromatic heterocycles. The van der Waals surface area contributed by atoms with Gasteiger partial charge in [-0.05, 0) is 44.0 Å². The van der Waals surface area contributed by atoms with Gasteiger partial charge in [0.1, 0.15) is 12.4 Å². The number of anilines is 1. The number of hydrogen-bond acceptors (Lipinski definition) is 4. The maximum atomic E-state index is 12.2. The van der Waals surface area contributed by atoms with Crippen molar-refractivity contribution >= 4 is 11.6 Å². The lowest BCUT2D eigenvalue weighted by Gasteiger charge is -2.20. The van der Waals surface area contributed by atoms with Gasteiger partial charge in [-0.25, -0.2) is 0 Å². The van der Waals surface area contributed by atoms with E-state index >= 15 is 0 Å². The number of likely N-dealkylation sites (tertiary alicyclic amines) is 1. The van der Waals surface area contributed by atoms with Gasteiger partial charge >= 0.3 is 0 Å². The first-order valence-corrected chi connectivity index (χ1v) is 8.62. The number of nitrogens with zero attached hydrogens (tertiary/aromatic N) is 1. The van der Waals surface area contributed by atoms with Crippen LogP contribution in [0.15, 0.2) is 24.3 Å². The molecule has 0 radical (unpaired) electrons. The van der Waals surface area contributed by atoms with E-state index < -0.39 is 0 Å². The lowest BCUT2D eigenvalue weighted by atomic mass is 10.2. The van der Waals surface area contributed by atoms with Crippen molar-refractivity contribution in [2.24, 2.45) is 0 Å². The van der Waals surface area contributed by atoms with E-state index in [2.05, 4.69) is 5.32 Å². The van der Waals surface area contributed by atoms with Crippen LogP contribution in [0.25, 0.3) is 0 Å². The number of benzene rings is 1. The fourth-order valence-corrected chi connectivity index (χ4v) is 2.64. The summed E-state index contributed by atoms with van der Waals surface area (Å²) in [6.45, 7) is 5.96. The van der Waals surface area contributed by atoms with Crippen molar-refractivity contribution in [2.45, 2.75) is 32.6 Å². The Hall–Kier alpha value is -1.75. The fourth-order valence-electron chi connectivity index (χ4n) is 2.64. The summed E-state index contributed by atoms with van der Waals surface area (Å²) in [4.78, 5) is 14.2. The van der Waals surface area contributed by atoms with E-state index in [0.717, 1.165) is 37.4 Å². The van der Waals surface area contributed by atoms with Gasteiger partial charge in [-0.1, -0.05) is 12.8 Å². The zero-order valence-corrected chi connectivity index (χ0v) is 14.1. The van der Waals surface area contributed by atoms with Crippen molar-refractivity contribution in [3.63, 3.8) is 0 Å². The Morgan fingerprint density at radius 1 is 1.09 bits per heavy atom. The van der Waals surface area contributed by atoms with Crippen molar-refractivity contribution < 1.29 is 14.3 Å². The van der Waals surface area contributed by atoms with Crippen LogP contribution in [0.3, 0.4) is 0 Å². The van der Waals surface area contributed by atoms with Crippen LogP contribution in [0.5, 0.6) is 5.75 Å². The van der Waals surface area contributed by atoms with Crippen LogP contribution in [0.1, 0.15) is 32.6 Å². The summed E-state index contributed by atoms with van der Waals surface area (Å²) < 4.78 is 10.8. The molecule has 2 rings (SSSR count). The van der Waals surface area contributed by atoms with E-state index in [9.17, 15) is 4.79 Å². The monoisotopic (exact) mass is 320 g/mol. The quantitative estimate of drug-likeness (QED) is 0.748. The smallest absolute Gasteiger partial charge is 0.241 e. The highest BCUT2D eigenvalue weighted by molar-refractivity contribution is 5.80. The molecule has 0 saturated carbocycles. The average molecular weight is 320 g/mol. The predicted octanol–water partition coefficient (Wildman–Crippen LogP) is 2.92. The van der Waals surface area contributed by atoms with Crippen LogP contribution >= 0.6 is 0 Å². The van der Waals surface area contributed by atoms with Gasteiger partial charge in [-0.15, -0.1) is 0 Å². The van der Waals surface area contributed by atoms with Crippen molar-refractivity contribution in [3.8, 4) is 5.75 Å². The van der Waals surface area contributed by atoms with Gasteiger partial charge in [-0.2, -0.15) is 0 Å². The second kappa shape index (κ2) is 10.1. The second-order valence-electron chi connectivity index (χ2n) is 5.72. The van der Waals surface area contributed by atoms with Gasteiger partial charge in [0.25, 0.3) is 0 Å². The topological polar surface area (TPSA) is 50.8 Å². The Labute approximate surface area is 139 Å². The maximum Gasteiger partial charge on any atom is 0.241 e. The van der Waals surface area contributed by atoms with Crippen LogP contribution in [0.4, 0.5) is 5.69 Å². The number of hydrogen-bond donors (Lipinski definition) is 1. The van der Waals surface area contributed by atoms with Gasteiger partial charge in [0.05, 0.1) is 13.2 Å². The highest BCUT2D eigenvalue weighted by Crippen LogP contribution is 2.16. The Morgan fingerprint density at radius 3 is 2.43 bits per heavy atom. The van der Waals surface area contributed by atoms with Crippen LogP contribution in [-0.2, 0) is 9.53 Å². The molecule has 1 saturated heterocycles. The number of amides is 1. The lowest BCUT2D eigenvalue weighted by molar-refractivity contribution is -0.129. The molecule has 0 aliphatic carbocycles. The SMILES string of the molecule is CCOCCOc1ccc(NCC(=O)N2CCCCCC2)cc1. The third-order valence-electron chi connectivity index (χ3n) is 3.96. The number of carbonyl (C=O) groups excluding carboxylic acids is 1. The minimum Gasteiger partial charge on any atom is -0.491 e. The fraction of sp³-hybridized carbons (Fsp3) is 0.611. The largest absolute Gasteiger partial charge is 0.491 e. The summed E-state index contributed by atoms with van der Waals surface area (Å²) in [5, 5.41) is 3.19. The van der Waals surface area contributed by atoms with Crippen molar-refractivity contribution in [1.29, 1.82) is 0 Å². The molecule has 128 valence electrons. The highest BCUT2D eigenvalue weighted by atomic mass is 16.5. The molecule has 1 amide bonds. The molecule has 0 spiro atoms. The molecule has 1 heterocycles. The van der Waals surface area contributed by atoms with Gasteiger partial charge in [0.15, 0.2) is 0 Å². The molecular formula is C18H28N2O3. The number of ether oxygens (including phenoxy) is 2. The third kappa shape index (κ3) is 6.48. The number of nitrogens with one attached hydrogen (secondary N) is 1. The van der Waals surface area contributed by atoms with Crippen molar-refractivity contribution in [2.75, 3.05) is 44.8 Å². The molecule has 1 aromatic carbocycles. The van der Waals surface area contributed by atoms with Gasteiger partial charge in [0.2, 0.25) is 5.91 Å². The standard InChI is InChI=1S/C18H28N2O3/c1-2-22-13-14-23-17-9-7-16(8-10-17)19-15-18(21)20-11-5-3-4-6-12-20/h7-10,19H,2-6,11-15H2,1H3. The Kier molecular flexibility index (Phi) is 7.73. The summed E-state index contributed by atoms with van der Waals surface area (Å²) >= 11 is 0. The number of rotatable bonds is 8. The highest BCUT2D eigenvalue weighted by Gasteiger charge is 2.14. The maximum absolute atomic E-state index is 12.2. The molecule has 5 heteroatoms. The molecule has 0 unspecified atom stereocenters. The zero-order valence-electron chi connectivity index (χ0n) is 14.1. The Bertz CT molecular complexity index is 454. The zero-order chi connectivity index (χ0) is 16.3. The molecule has 1 aliphatic rings. The first-order valence-electron chi connectivity index (χ1n) is 8.62. The summed E-state index contributed by atoms with van der Waals surface area (Å²) in [5.74, 6) is 0.998. The lowest BCUT2D eigenvalue weighted by Crippen LogP contribution is -2.36.